The number of rotatable bonds is 3. The zero-order chi connectivity index (χ0) is 14.9. The molecule has 1 aliphatic rings. The first-order chi connectivity index (χ1) is 10.2. The highest BCUT2D eigenvalue weighted by Gasteiger charge is 2.46. The van der Waals surface area contributed by atoms with Crippen LogP contribution < -0.4 is 5.01 Å². The molecule has 1 aromatic carbocycles. The van der Waals surface area contributed by atoms with Gasteiger partial charge in [0.15, 0.2) is 0 Å². The Bertz CT molecular complexity index is 637. The highest BCUT2D eigenvalue weighted by atomic mass is 16.7. The molecule has 0 bridgehead atoms. The maximum absolute atomic E-state index is 5.74. The quantitative estimate of drug-likeness (QED) is 0.801. The molecule has 1 unspecified atom stereocenters. The molecule has 0 aliphatic carbocycles. The lowest BCUT2D eigenvalue weighted by Gasteiger charge is -2.39. The zero-order valence-corrected chi connectivity index (χ0v) is 12.1. The number of benzene rings is 1. The van der Waals surface area contributed by atoms with E-state index in [1.54, 1.807) is 25.4 Å². The highest BCUT2D eigenvalue weighted by molar-refractivity contribution is 5.83. The summed E-state index contributed by atoms with van der Waals surface area (Å²) in [5.41, 5.74) is 1.82. The van der Waals surface area contributed by atoms with Crippen LogP contribution in [0, 0.1) is 0 Å². The minimum Gasteiger partial charge on any atom is -0.348 e. The molecule has 0 fully saturated rings. The molecule has 2 heterocycles. The third-order valence-electron chi connectivity index (χ3n) is 3.74. The third kappa shape index (κ3) is 2.01. The molecule has 21 heavy (non-hydrogen) atoms. The van der Waals surface area contributed by atoms with Gasteiger partial charge in [-0.2, -0.15) is 10.1 Å². The number of ether oxygens (including phenoxy) is 2. The van der Waals surface area contributed by atoms with E-state index in [0.717, 1.165) is 11.1 Å². The van der Waals surface area contributed by atoms with E-state index >= 15 is 0 Å². The molecular weight excluding hydrogens is 272 g/mol. The molecule has 7 heteroatoms. The Kier molecular flexibility index (Phi) is 3.44. The van der Waals surface area contributed by atoms with Crippen molar-refractivity contribution in [3.63, 3.8) is 0 Å². The van der Waals surface area contributed by atoms with Crippen molar-refractivity contribution in [2.24, 2.45) is 5.10 Å². The van der Waals surface area contributed by atoms with Crippen LogP contribution in [0.15, 0.2) is 40.3 Å². The van der Waals surface area contributed by atoms with Crippen LogP contribution in [0.3, 0.4) is 0 Å². The van der Waals surface area contributed by atoms with Crippen molar-refractivity contribution in [2.75, 3.05) is 19.2 Å². The fourth-order valence-electron chi connectivity index (χ4n) is 2.67. The summed E-state index contributed by atoms with van der Waals surface area (Å²) >= 11 is 0. The lowest BCUT2D eigenvalue weighted by Crippen LogP contribution is -2.49. The summed E-state index contributed by atoms with van der Waals surface area (Å²) in [5, 5.41) is 9.91. The van der Waals surface area contributed by atoms with E-state index in [9.17, 15) is 0 Å². The number of methoxy groups -OCH3 is 2. The average molecular weight is 288 g/mol. The number of nitrogens with zero attached hydrogens (tertiary/aromatic N) is 4. The van der Waals surface area contributed by atoms with Gasteiger partial charge in [0.1, 0.15) is 6.04 Å². The van der Waals surface area contributed by atoms with E-state index in [1.165, 1.54) is 6.39 Å². The summed E-state index contributed by atoms with van der Waals surface area (Å²) in [6.45, 7) is 1.93. The third-order valence-corrected chi connectivity index (χ3v) is 3.74. The van der Waals surface area contributed by atoms with Gasteiger partial charge in [0.2, 0.25) is 12.2 Å². The Morgan fingerprint density at radius 3 is 2.67 bits per heavy atom. The molecule has 0 N–H and O–H groups in total. The van der Waals surface area contributed by atoms with E-state index in [1.807, 2.05) is 31.2 Å². The molecule has 1 aliphatic heterocycles. The summed E-state index contributed by atoms with van der Waals surface area (Å²) in [4.78, 5) is 4.05. The number of hydrazone groups is 1. The van der Waals surface area contributed by atoms with Crippen LogP contribution in [-0.4, -0.2) is 36.6 Å². The van der Waals surface area contributed by atoms with Crippen molar-refractivity contribution < 1.29 is 14.0 Å². The van der Waals surface area contributed by atoms with E-state index in [0.29, 0.717) is 5.95 Å². The molecule has 0 saturated heterocycles. The summed E-state index contributed by atoms with van der Waals surface area (Å²) in [6, 6.07) is 7.50. The molecular formula is C14H16N4O3. The fraction of sp³-hybridized carbons (Fsp3) is 0.357. The van der Waals surface area contributed by atoms with Crippen LogP contribution in [0.2, 0.25) is 0 Å². The van der Waals surface area contributed by atoms with Crippen LogP contribution in [-0.2, 0) is 15.3 Å². The van der Waals surface area contributed by atoms with Crippen LogP contribution in [0.5, 0.6) is 0 Å². The fourth-order valence-corrected chi connectivity index (χ4v) is 2.67. The van der Waals surface area contributed by atoms with E-state index in [-0.39, 0.29) is 6.04 Å². The van der Waals surface area contributed by atoms with Gasteiger partial charge in [0.25, 0.3) is 5.95 Å². The number of anilines is 1. The number of hydrogen-bond donors (Lipinski definition) is 0. The predicted molar refractivity (Wildman–Crippen MR) is 76.0 cm³/mol. The summed E-state index contributed by atoms with van der Waals surface area (Å²) < 4.78 is 16.3. The van der Waals surface area contributed by atoms with Crippen LogP contribution in [0.4, 0.5) is 5.95 Å². The van der Waals surface area contributed by atoms with Gasteiger partial charge in [-0.15, -0.1) is 0 Å². The van der Waals surface area contributed by atoms with Crippen molar-refractivity contribution in [2.45, 2.75) is 18.8 Å². The lowest BCUT2D eigenvalue weighted by atomic mass is 9.94. The Hall–Kier alpha value is -2.25. The van der Waals surface area contributed by atoms with Crippen LogP contribution in [0.25, 0.3) is 0 Å². The maximum Gasteiger partial charge on any atom is 0.286 e. The Balaban J connectivity index is 2.17. The summed E-state index contributed by atoms with van der Waals surface area (Å²) in [5.74, 6) is -0.640. The maximum atomic E-state index is 5.74. The van der Waals surface area contributed by atoms with E-state index < -0.39 is 5.79 Å². The first-order valence-electron chi connectivity index (χ1n) is 6.52. The SMILES string of the molecule is COC1(OC)c2ccccc2C=NN(c2ncon2)C1C. The topological polar surface area (TPSA) is 73.0 Å². The van der Waals surface area contributed by atoms with Gasteiger partial charge < -0.3 is 14.0 Å². The lowest BCUT2D eigenvalue weighted by molar-refractivity contribution is -0.227. The van der Waals surface area contributed by atoms with Crippen molar-refractivity contribution in [1.29, 1.82) is 0 Å². The van der Waals surface area contributed by atoms with Crippen LogP contribution >= 0.6 is 0 Å². The molecule has 0 amide bonds. The first kappa shape index (κ1) is 13.7. The van der Waals surface area contributed by atoms with E-state index in [2.05, 4.69) is 15.2 Å². The number of hydrogen-bond acceptors (Lipinski definition) is 7. The number of aromatic nitrogens is 2. The molecule has 1 aromatic heterocycles. The Morgan fingerprint density at radius 1 is 1.24 bits per heavy atom. The van der Waals surface area contributed by atoms with Gasteiger partial charge in [0.05, 0.1) is 6.21 Å². The Morgan fingerprint density at radius 2 is 2.00 bits per heavy atom. The van der Waals surface area contributed by atoms with E-state index in [4.69, 9.17) is 14.0 Å². The monoisotopic (exact) mass is 288 g/mol. The second kappa shape index (κ2) is 5.27. The Labute approximate surface area is 122 Å². The molecule has 0 spiro atoms. The van der Waals surface area contributed by atoms with Gasteiger partial charge in [0, 0.05) is 25.3 Å². The van der Waals surface area contributed by atoms with Gasteiger partial charge in [-0.05, 0) is 12.1 Å². The van der Waals surface area contributed by atoms with Gasteiger partial charge in [-0.25, -0.2) is 5.01 Å². The van der Waals surface area contributed by atoms with Gasteiger partial charge >= 0.3 is 0 Å². The largest absolute Gasteiger partial charge is 0.348 e. The molecule has 3 rings (SSSR count). The molecule has 0 radical (unpaired) electrons. The standard InChI is InChI=1S/C14H16N4O3/c1-10-14(19-2,20-3)12-7-5-4-6-11(12)8-16-18(10)13-15-9-21-17-13/h4-10H,1-3H3. The van der Waals surface area contributed by atoms with Crippen molar-refractivity contribution in [1.82, 2.24) is 10.1 Å². The first-order valence-corrected chi connectivity index (χ1v) is 6.52. The van der Waals surface area contributed by atoms with Crippen molar-refractivity contribution in [3.05, 3.63) is 41.8 Å². The van der Waals surface area contributed by atoms with Crippen molar-refractivity contribution in [3.8, 4) is 0 Å². The number of fused-ring (bicyclic) bond motifs is 1. The molecule has 110 valence electrons. The second-order valence-corrected chi connectivity index (χ2v) is 4.66. The highest BCUT2D eigenvalue weighted by Crippen LogP contribution is 2.37. The smallest absolute Gasteiger partial charge is 0.286 e. The minimum atomic E-state index is -0.992. The van der Waals surface area contributed by atoms with Gasteiger partial charge in [-0.3, -0.25) is 0 Å². The summed E-state index contributed by atoms with van der Waals surface area (Å²) in [7, 11) is 3.22. The molecule has 1 atom stereocenters. The van der Waals surface area contributed by atoms with Crippen LogP contribution in [0.1, 0.15) is 18.1 Å². The zero-order valence-electron chi connectivity index (χ0n) is 12.1. The predicted octanol–water partition coefficient (Wildman–Crippen LogP) is 1.76. The molecule has 7 nitrogen and oxygen atoms in total. The van der Waals surface area contributed by atoms with Gasteiger partial charge in [-0.1, -0.05) is 24.3 Å². The normalized spacial score (nSPS) is 20.1. The molecule has 0 saturated carbocycles. The average Bonchev–Trinajstić information content (AvgIpc) is 3.01. The second-order valence-electron chi connectivity index (χ2n) is 4.66. The minimum absolute atomic E-state index is 0.301. The summed E-state index contributed by atoms with van der Waals surface area (Å²) in [6.07, 6.45) is 3.00. The van der Waals surface area contributed by atoms with Crippen molar-refractivity contribution >= 4 is 12.2 Å². The molecule has 2 aromatic rings.